The van der Waals surface area contributed by atoms with E-state index in [0.29, 0.717) is 16.5 Å². The number of aromatic amines is 2. The molecule has 3 rings (SSSR count). The first kappa shape index (κ1) is 16.1. The highest BCUT2D eigenvalue weighted by molar-refractivity contribution is 8.00. The van der Waals surface area contributed by atoms with Gasteiger partial charge in [0.1, 0.15) is 0 Å². The zero-order valence-corrected chi connectivity index (χ0v) is 14.2. The lowest BCUT2D eigenvalue weighted by molar-refractivity contribution is -0.120. The van der Waals surface area contributed by atoms with Gasteiger partial charge in [-0.1, -0.05) is 6.92 Å². The summed E-state index contributed by atoms with van der Waals surface area (Å²) in [4.78, 5) is 31.4. The summed E-state index contributed by atoms with van der Waals surface area (Å²) in [5, 5.41) is 3.56. The minimum Gasteiger partial charge on any atom is -0.325 e. The number of fused-ring (bicyclic) bond motifs is 1. The van der Waals surface area contributed by atoms with Crippen molar-refractivity contribution in [2.45, 2.75) is 31.6 Å². The molecule has 0 unspecified atom stereocenters. The molecular formula is C16H22N4O2S. The highest BCUT2D eigenvalue weighted by Gasteiger charge is 2.27. The maximum Gasteiger partial charge on any atom is 0.323 e. The predicted octanol–water partition coefficient (Wildman–Crippen LogP) is 2.01. The molecular weight excluding hydrogens is 312 g/mol. The van der Waals surface area contributed by atoms with E-state index >= 15 is 0 Å². The molecule has 0 spiro atoms. The van der Waals surface area contributed by atoms with E-state index < -0.39 is 0 Å². The van der Waals surface area contributed by atoms with Crippen LogP contribution in [0.5, 0.6) is 0 Å². The number of thioether (sulfide) groups is 1. The first-order valence-corrected chi connectivity index (χ1v) is 9.00. The molecule has 1 aromatic carbocycles. The molecule has 1 amide bonds. The number of hydrogen-bond donors (Lipinski definition) is 3. The molecule has 1 aliphatic rings. The number of hydrogen-bond acceptors (Lipinski definition) is 4. The lowest BCUT2D eigenvalue weighted by Gasteiger charge is -2.35. The van der Waals surface area contributed by atoms with E-state index in [-0.39, 0.29) is 17.6 Å². The van der Waals surface area contributed by atoms with Crippen molar-refractivity contribution < 1.29 is 4.79 Å². The number of anilines is 1. The first-order chi connectivity index (χ1) is 11.1. The van der Waals surface area contributed by atoms with E-state index in [2.05, 4.69) is 27.1 Å². The van der Waals surface area contributed by atoms with Crippen LogP contribution in [0, 0.1) is 0 Å². The van der Waals surface area contributed by atoms with E-state index in [0.717, 1.165) is 30.8 Å². The van der Waals surface area contributed by atoms with Crippen LogP contribution in [0.25, 0.3) is 11.0 Å². The third kappa shape index (κ3) is 3.61. The average Bonchev–Trinajstić information content (AvgIpc) is 2.93. The lowest BCUT2D eigenvalue weighted by atomic mass is 10.2. The number of aromatic nitrogens is 2. The third-order valence-corrected chi connectivity index (χ3v) is 5.71. The largest absolute Gasteiger partial charge is 0.325 e. The minimum absolute atomic E-state index is 0.0102. The second-order valence-electron chi connectivity index (χ2n) is 5.90. The van der Waals surface area contributed by atoms with E-state index in [1.807, 2.05) is 18.7 Å². The summed E-state index contributed by atoms with van der Waals surface area (Å²) in [6.07, 6.45) is 1.13. The van der Waals surface area contributed by atoms with Crippen molar-refractivity contribution in [2.24, 2.45) is 0 Å². The summed E-state index contributed by atoms with van der Waals surface area (Å²) >= 11 is 1.99. The molecule has 0 saturated carbocycles. The van der Waals surface area contributed by atoms with Crippen LogP contribution in [0.15, 0.2) is 23.0 Å². The molecule has 1 aromatic heterocycles. The highest BCUT2D eigenvalue weighted by atomic mass is 32.2. The SMILES string of the molecule is CC[C@H]1CN([C@H](C)C(=O)Nc2ccc3[nH]c(=O)[nH]c3c2)CCS1. The zero-order chi connectivity index (χ0) is 16.4. The number of carbonyl (C=O) groups is 1. The smallest absolute Gasteiger partial charge is 0.323 e. The van der Waals surface area contributed by atoms with Gasteiger partial charge in [0.05, 0.1) is 17.1 Å². The minimum atomic E-state index is -0.242. The third-order valence-electron chi connectivity index (χ3n) is 4.34. The maximum atomic E-state index is 12.5. The number of amides is 1. The summed E-state index contributed by atoms with van der Waals surface area (Å²) in [6.45, 7) is 6.05. The van der Waals surface area contributed by atoms with Crippen molar-refractivity contribution in [3.8, 4) is 0 Å². The molecule has 2 aromatic rings. The van der Waals surface area contributed by atoms with Crippen molar-refractivity contribution in [1.29, 1.82) is 0 Å². The Bertz CT molecular complexity index is 754. The van der Waals surface area contributed by atoms with Crippen LogP contribution < -0.4 is 11.0 Å². The van der Waals surface area contributed by atoms with Crippen LogP contribution in [0.2, 0.25) is 0 Å². The second kappa shape index (κ2) is 6.80. The summed E-state index contributed by atoms with van der Waals surface area (Å²) in [6, 6.07) is 5.21. The van der Waals surface area contributed by atoms with Gasteiger partial charge in [0.25, 0.3) is 0 Å². The van der Waals surface area contributed by atoms with Crippen molar-refractivity contribution in [3.63, 3.8) is 0 Å². The van der Waals surface area contributed by atoms with Crippen LogP contribution in [0.4, 0.5) is 5.69 Å². The molecule has 1 saturated heterocycles. The molecule has 0 bridgehead atoms. The summed E-state index contributed by atoms with van der Waals surface area (Å²) in [5.41, 5.74) is 1.89. The normalized spacial score (nSPS) is 20.5. The summed E-state index contributed by atoms with van der Waals surface area (Å²) in [7, 11) is 0. The number of H-pyrrole nitrogens is 2. The Morgan fingerprint density at radius 2 is 2.22 bits per heavy atom. The second-order valence-corrected chi connectivity index (χ2v) is 7.31. The van der Waals surface area contributed by atoms with Gasteiger partial charge in [0.2, 0.25) is 5.91 Å². The van der Waals surface area contributed by atoms with Crippen LogP contribution in [0.3, 0.4) is 0 Å². The maximum absolute atomic E-state index is 12.5. The Hall–Kier alpha value is -1.73. The van der Waals surface area contributed by atoms with Gasteiger partial charge >= 0.3 is 5.69 Å². The van der Waals surface area contributed by atoms with Gasteiger partial charge < -0.3 is 15.3 Å². The zero-order valence-electron chi connectivity index (χ0n) is 13.4. The fraction of sp³-hybridized carbons (Fsp3) is 0.500. The lowest BCUT2D eigenvalue weighted by Crippen LogP contribution is -2.48. The first-order valence-electron chi connectivity index (χ1n) is 7.95. The van der Waals surface area contributed by atoms with E-state index in [4.69, 9.17) is 0 Å². The number of carbonyl (C=O) groups excluding carboxylic acids is 1. The summed E-state index contributed by atoms with van der Waals surface area (Å²) < 4.78 is 0. The Labute approximate surface area is 139 Å². The molecule has 6 nitrogen and oxygen atoms in total. The number of rotatable bonds is 4. The molecule has 23 heavy (non-hydrogen) atoms. The Morgan fingerprint density at radius 1 is 1.43 bits per heavy atom. The van der Waals surface area contributed by atoms with Crippen LogP contribution >= 0.6 is 11.8 Å². The predicted molar refractivity (Wildman–Crippen MR) is 95.1 cm³/mol. The van der Waals surface area contributed by atoms with Crippen molar-refractivity contribution in [1.82, 2.24) is 14.9 Å². The fourth-order valence-corrected chi connectivity index (χ4v) is 4.07. The van der Waals surface area contributed by atoms with Crippen LogP contribution in [-0.4, -0.2) is 50.9 Å². The van der Waals surface area contributed by atoms with Gasteiger partial charge in [-0.15, -0.1) is 0 Å². The van der Waals surface area contributed by atoms with Crippen molar-refractivity contribution >= 4 is 34.4 Å². The van der Waals surface area contributed by atoms with Crippen molar-refractivity contribution in [2.75, 3.05) is 24.2 Å². The van der Waals surface area contributed by atoms with Crippen molar-refractivity contribution in [3.05, 3.63) is 28.7 Å². The molecule has 1 aliphatic heterocycles. The van der Waals surface area contributed by atoms with E-state index in [1.54, 1.807) is 18.2 Å². The highest BCUT2D eigenvalue weighted by Crippen LogP contribution is 2.23. The number of imidazole rings is 1. The summed E-state index contributed by atoms with van der Waals surface area (Å²) in [5.74, 6) is 1.07. The van der Waals surface area contributed by atoms with Crippen LogP contribution in [-0.2, 0) is 4.79 Å². The van der Waals surface area contributed by atoms with Gasteiger partial charge in [-0.25, -0.2) is 4.79 Å². The fourth-order valence-electron chi connectivity index (χ4n) is 2.86. The van der Waals surface area contributed by atoms with Gasteiger partial charge in [-0.3, -0.25) is 9.69 Å². The van der Waals surface area contributed by atoms with Gasteiger partial charge in [0, 0.05) is 29.8 Å². The Kier molecular flexibility index (Phi) is 4.77. The van der Waals surface area contributed by atoms with E-state index in [9.17, 15) is 9.59 Å². The Balaban J connectivity index is 1.68. The topological polar surface area (TPSA) is 81.0 Å². The number of benzene rings is 1. The molecule has 2 heterocycles. The van der Waals surface area contributed by atoms with Crippen LogP contribution in [0.1, 0.15) is 20.3 Å². The molecule has 2 atom stereocenters. The molecule has 1 fully saturated rings. The molecule has 0 radical (unpaired) electrons. The monoisotopic (exact) mass is 334 g/mol. The molecule has 124 valence electrons. The number of nitrogens with zero attached hydrogens (tertiary/aromatic N) is 1. The van der Waals surface area contributed by atoms with Gasteiger partial charge in [-0.2, -0.15) is 11.8 Å². The quantitative estimate of drug-likeness (QED) is 0.799. The standard InChI is InChI=1S/C16H22N4O2S/c1-3-12-9-20(6-7-23-12)10(2)15(21)17-11-4-5-13-14(8-11)19-16(22)18-13/h4-5,8,10,12H,3,6-7,9H2,1-2H3,(H,17,21)(H2,18,19,22)/t10-,12+/m1/s1. The van der Waals surface area contributed by atoms with Gasteiger partial charge in [-0.05, 0) is 31.5 Å². The molecule has 0 aliphatic carbocycles. The Morgan fingerprint density at radius 3 is 3.00 bits per heavy atom. The molecule has 7 heteroatoms. The number of nitrogens with one attached hydrogen (secondary N) is 3. The molecule has 3 N–H and O–H groups in total. The average molecular weight is 334 g/mol. The van der Waals surface area contributed by atoms with Gasteiger partial charge in [0.15, 0.2) is 0 Å². The van der Waals surface area contributed by atoms with E-state index in [1.165, 1.54) is 0 Å².